The lowest BCUT2D eigenvalue weighted by molar-refractivity contribution is 0.0578. The van der Waals surface area contributed by atoms with E-state index in [1.54, 1.807) is 12.1 Å². The van der Waals surface area contributed by atoms with Crippen molar-refractivity contribution >= 4 is 0 Å². The van der Waals surface area contributed by atoms with E-state index in [2.05, 4.69) is 19.2 Å². The summed E-state index contributed by atoms with van der Waals surface area (Å²) in [4.78, 5) is 0. The van der Waals surface area contributed by atoms with Gasteiger partial charge in [-0.25, -0.2) is 4.39 Å². The van der Waals surface area contributed by atoms with Gasteiger partial charge >= 0.3 is 0 Å². The van der Waals surface area contributed by atoms with E-state index in [0.29, 0.717) is 5.41 Å². The van der Waals surface area contributed by atoms with Gasteiger partial charge in [0.1, 0.15) is 5.82 Å². The first-order chi connectivity index (χ1) is 7.47. The van der Waals surface area contributed by atoms with E-state index in [4.69, 9.17) is 0 Å². The summed E-state index contributed by atoms with van der Waals surface area (Å²) < 4.78 is 12.9. The molecule has 0 atom stereocenters. The lowest BCUT2D eigenvalue weighted by Gasteiger charge is -2.54. The molecule has 0 saturated heterocycles. The number of halogens is 1. The number of hydrogen-bond donors (Lipinski definition) is 1. The molecule has 2 heteroatoms. The van der Waals surface area contributed by atoms with Crippen LogP contribution in [0.15, 0.2) is 24.3 Å². The largest absolute Gasteiger partial charge is 0.319 e. The molecule has 2 rings (SSSR count). The standard InChI is InChI=1S/C14H20FN/c1-13(2)8-14(9-13,10-16-3)11-4-6-12(15)7-5-11/h4-7,16H,8-10H2,1-3H3. The van der Waals surface area contributed by atoms with E-state index < -0.39 is 0 Å². The van der Waals surface area contributed by atoms with E-state index in [0.717, 1.165) is 6.54 Å². The summed E-state index contributed by atoms with van der Waals surface area (Å²) in [5.41, 5.74) is 1.90. The van der Waals surface area contributed by atoms with Gasteiger partial charge in [0.2, 0.25) is 0 Å². The summed E-state index contributed by atoms with van der Waals surface area (Å²) in [6.45, 7) is 5.57. The van der Waals surface area contributed by atoms with Gasteiger partial charge in [-0.1, -0.05) is 26.0 Å². The average molecular weight is 221 g/mol. The van der Waals surface area contributed by atoms with Crippen molar-refractivity contribution in [2.24, 2.45) is 5.41 Å². The molecule has 1 aromatic carbocycles. The molecule has 1 saturated carbocycles. The molecule has 1 N–H and O–H groups in total. The second kappa shape index (κ2) is 3.85. The van der Waals surface area contributed by atoms with Gasteiger partial charge in [0, 0.05) is 12.0 Å². The molecule has 0 bridgehead atoms. The zero-order valence-corrected chi connectivity index (χ0v) is 10.3. The van der Waals surface area contributed by atoms with E-state index >= 15 is 0 Å². The quantitative estimate of drug-likeness (QED) is 0.827. The summed E-state index contributed by atoms with van der Waals surface area (Å²) in [5, 5.41) is 3.27. The van der Waals surface area contributed by atoms with Crippen molar-refractivity contribution < 1.29 is 4.39 Å². The molecule has 0 aromatic heterocycles. The Bertz CT molecular complexity index is 359. The number of hydrogen-bond acceptors (Lipinski definition) is 1. The summed E-state index contributed by atoms with van der Waals surface area (Å²) >= 11 is 0. The van der Waals surface area contributed by atoms with Crippen molar-refractivity contribution in [3.63, 3.8) is 0 Å². The molecule has 1 aliphatic rings. The Morgan fingerprint density at radius 2 is 1.75 bits per heavy atom. The number of likely N-dealkylation sites (N-methyl/N-ethyl adjacent to an activating group) is 1. The maximum atomic E-state index is 12.9. The molecule has 88 valence electrons. The van der Waals surface area contributed by atoms with Crippen LogP contribution in [-0.4, -0.2) is 13.6 Å². The van der Waals surface area contributed by atoms with Crippen LogP contribution in [0.1, 0.15) is 32.3 Å². The smallest absolute Gasteiger partial charge is 0.123 e. The lowest BCUT2D eigenvalue weighted by atomic mass is 9.52. The van der Waals surface area contributed by atoms with Crippen LogP contribution in [0.2, 0.25) is 0 Å². The van der Waals surface area contributed by atoms with Gasteiger partial charge in [-0.15, -0.1) is 0 Å². The second-order valence-corrected chi connectivity index (χ2v) is 5.84. The van der Waals surface area contributed by atoms with Gasteiger partial charge in [-0.3, -0.25) is 0 Å². The normalized spacial score (nSPS) is 21.5. The Morgan fingerprint density at radius 1 is 1.19 bits per heavy atom. The van der Waals surface area contributed by atoms with Gasteiger partial charge in [0.05, 0.1) is 0 Å². The van der Waals surface area contributed by atoms with E-state index in [9.17, 15) is 4.39 Å². The molecule has 0 aliphatic heterocycles. The number of benzene rings is 1. The van der Waals surface area contributed by atoms with E-state index in [1.165, 1.54) is 18.4 Å². The van der Waals surface area contributed by atoms with Gasteiger partial charge in [-0.05, 0) is 43.0 Å². The van der Waals surface area contributed by atoms with Crippen LogP contribution in [0.4, 0.5) is 4.39 Å². The van der Waals surface area contributed by atoms with Crippen LogP contribution in [0.5, 0.6) is 0 Å². The Hall–Kier alpha value is -0.890. The number of rotatable bonds is 3. The van der Waals surface area contributed by atoms with Gasteiger partial charge in [0.15, 0.2) is 0 Å². The highest BCUT2D eigenvalue weighted by atomic mass is 19.1. The Labute approximate surface area is 97.1 Å². The minimum absolute atomic E-state index is 0.151. The van der Waals surface area contributed by atoms with Crippen LogP contribution in [0, 0.1) is 11.2 Å². The molecule has 1 fully saturated rings. The molecular formula is C14H20FN. The first kappa shape index (κ1) is 11.6. The first-order valence-electron chi connectivity index (χ1n) is 5.88. The van der Waals surface area contributed by atoms with Gasteiger partial charge in [0.25, 0.3) is 0 Å². The summed E-state index contributed by atoms with van der Waals surface area (Å²) in [5.74, 6) is -0.151. The Balaban J connectivity index is 2.24. The molecule has 0 heterocycles. The fourth-order valence-corrected chi connectivity index (χ4v) is 3.35. The molecule has 1 nitrogen and oxygen atoms in total. The van der Waals surface area contributed by atoms with Crippen LogP contribution >= 0.6 is 0 Å². The zero-order chi connectivity index (χ0) is 11.8. The molecule has 1 aromatic rings. The Kier molecular flexibility index (Phi) is 2.79. The fraction of sp³-hybridized carbons (Fsp3) is 0.571. The summed E-state index contributed by atoms with van der Waals surface area (Å²) in [6.07, 6.45) is 2.35. The van der Waals surface area contributed by atoms with E-state index in [1.807, 2.05) is 19.2 Å². The van der Waals surface area contributed by atoms with Crippen molar-refractivity contribution in [1.82, 2.24) is 5.32 Å². The van der Waals surface area contributed by atoms with Crippen molar-refractivity contribution in [3.05, 3.63) is 35.6 Å². The third-order valence-electron chi connectivity index (χ3n) is 3.61. The summed E-state index contributed by atoms with van der Waals surface area (Å²) in [7, 11) is 1.98. The van der Waals surface area contributed by atoms with Crippen molar-refractivity contribution in [2.75, 3.05) is 13.6 Å². The minimum Gasteiger partial charge on any atom is -0.319 e. The molecule has 0 spiro atoms. The maximum absolute atomic E-state index is 12.9. The third kappa shape index (κ3) is 1.99. The zero-order valence-electron chi connectivity index (χ0n) is 10.3. The maximum Gasteiger partial charge on any atom is 0.123 e. The predicted molar refractivity (Wildman–Crippen MR) is 65.0 cm³/mol. The summed E-state index contributed by atoms with van der Waals surface area (Å²) in [6, 6.07) is 7.00. The molecular weight excluding hydrogens is 201 g/mol. The molecule has 0 unspecified atom stereocenters. The Morgan fingerprint density at radius 3 is 2.19 bits per heavy atom. The van der Waals surface area contributed by atoms with Crippen LogP contribution in [0.3, 0.4) is 0 Å². The van der Waals surface area contributed by atoms with Crippen molar-refractivity contribution in [1.29, 1.82) is 0 Å². The van der Waals surface area contributed by atoms with Crippen molar-refractivity contribution in [2.45, 2.75) is 32.1 Å². The van der Waals surface area contributed by atoms with Gasteiger partial charge in [-0.2, -0.15) is 0 Å². The van der Waals surface area contributed by atoms with Crippen LogP contribution in [0.25, 0.3) is 0 Å². The highest BCUT2D eigenvalue weighted by Crippen LogP contribution is 2.54. The highest BCUT2D eigenvalue weighted by Gasteiger charge is 2.49. The molecule has 16 heavy (non-hydrogen) atoms. The monoisotopic (exact) mass is 221 g/mol. The number of nitrogens with one attached hydrogen (secondary N) is 1. The molecule has 0 amide bonds. The van der Waals surface area contributed by atoms with Crippen LogP contribution in [-0.2, 0) is 5.41 Å². The third-order valence-corrected chi connectivity index (χ3v) is 3.61. The molecule has 0 radical (unpaired) electrons. The lowest BCUT2D eigenvalue weighted by Crippen LogP contribution is -2.51. The fourth-order valence-electron chi connectivity index (χ4n) is 3.35. The predicted octanol–water partition coefficient (Wildman–Crippen LogP) is 3.10. The van der Waals surface area contributed by atoms with Crippen LogP contribution < -0.4 is 5.32 Å². The highest BCUT2D eigenvalue weighted by molar-refractivity contribution is 5.31. The van der Waals surface area contributed by atoms with Crippen molar-refractivity contribution in [3.8, 4) is 0 Å². The molecule has 1 aliphatic carbocycles. The minimum atomic E-state index is -0.151. The van der Waals surface area contributed by atoms with Gasteiger partial charge < -0.3 is 5.32 Å². The first-order valence-corrected chi connectivity index (χ1v) is 5.88. The SMILES string of the molecule is CNCC1(c2ccc(F)cc2)CC(C)(C)C1. The topological polar surface area (TPSA) is 12.0 Å². The second-order valence-electron chi connectivity index (χ2n) is 5.84. The average Bonchev–Trinajstić information content (AvgIpc) is 2.16. The van der Waals surface area contributed by atoms with E-state index in [-0.39, 0.29) is 11.2 Å².